The van der Waals surface area contributed by atoms with Gasteiger partial charge in [0, 0.05) is 87.0 Å². The monoisotopic (exact) mass is 729 g/mol. The molecule has 9 nitrogen and oxygen atoms in total. The molecule has 2 spiro atoms. The van der Waals surface area contributed by atoms with Gasteiger partial charge in [-0.2, -0.15) is 18.2 Å². The van der Waals surface area contributed by atoms with E-state index in [1.807, 2.05) is 37.8 Å². The van der Waals surface area contributed by atoms with Crippen molar-refractivity contribution in [2.45, 2.75) is 71.5 Å². The summed E-state index contributed by atoms with van der Waals surface area (Å²) in [7, 11) is 1.70. The zero-order chi connectivity index (χ0) is 37.3. The number of piperidine rings is 1. The molecule has 1 aromatic heterocycles. The maximum Gasteiger partial charge on any atom is 0.422 e. The lowest BCUT2D eigenvalue weighted by molar-refractivity contribution is -0.153. The Morgan fingerprint density at radius 1 is 0.981 bits per heavy atom. The maximum atomic E-state index is 14.1. The van der Waals surface area contributed by atoms with Gasteiger partial charge in [0.1, 0.15) is 11.3 Å². The topological polar surface area (TPSA) is 77.4 Å². The van der Waals surface area contributed by atoms with Crippen LogP contribution in [0.5, 0.6) is 5.75 Å². The Morgan fingerprint density at radius 2 is 1.68 bits per heavy atom. The number of carbonyl (C=O) groups excluding carboxylic acids is 1. The van der Waals surface area contributed by atoms with Crippen molar-refractivity contribution in [1.29, 1.82) is 0 Å². The van der Waals surface area contributed by atoms with Gasteiger partial charge < -0.3 is 19.4 Å². The van der Waals surface area contributed by atoms with Crippen LogP contribution in [0.4, 0.5) is 24.9 Å². The quantitative estimate of drug-likeness (QED) is 0.178. The number of nitrogens with zero attached hydrogens (tertiary/aromatic N) is 7. The van der Waals surface area contributed by atoms with Crippen LogP contribution in [0.2, 0.25) is 0 Å². The lowest BCUT2D eigenvalue weighted by Crippen LogP contribution is -2.61. The first-order chi connectivity index (χ1) is 25.4. The summed E-state index contributed by atoms with van der Waals surface area (Å²) in [4.78, 5) is 35.9. The summed E-state index contributed by atoms with van der Waals surface area (Å²) in [5, 5.41) is 0.697. The minimum absolute atomic E-state index is 0.0370. The standard InChI is InChI=1S/C41H50F3N7O2/c1-6-28-18-30-35(36(53-25-41(42,43)44)34(28)33-27(4)9-8-26(3)31(33)19-45-5)46-38(50-20-29(21-50)49-17-12-39(22-49)10-11-39)47-37(30)48-15-13-40(14-16-48)23-51(24-40)32(52)7-2/h7-9,18-19,29H,2,6,10-17,20-25H2,1,3-5H3/b45-19-. The van der Waals surface area contributed by atoms with E-state index in [2.05, 4.69) is 32.3 Å². The molecule has 1 amide bonds. The largest absolute Gasteiger partial charge is 0.481 e. The van der Waals surface area contributed by atoms with E-state index in [4.69, 9.17) is 14.7 Å². The average Bonchev–Trinajstić information content (AvgIpc) is 3.74. The molecule has 1 saturated carbocycles. The second kappa shape index (κ2) is 13.3. The van der Waals surface area contributed by atoms with E-state index in [-0.39, 0.29) is 17.1 Å². The van der Waals surface area contributed by atoms with Crippen molar-refractivity contribution < 1.29 is 22.7 Å². The minimum atomic E-state index is -4.55. The van der Waals surface area contributed by atoms with Crippen molar-refractivity contribution in [1.82, 2.24) is 19.8 Å². The van der Waals surface area contributed by atoms with E-state index in [1.165, 1.54) is 25.3 Å². The molecule has 4 saturated heterocycles. The summed E-state index contributed by atoms with van der Waals surface area (Å²) in [6.07, 6.45) is 4.85. The number of hydrogen-bond acceptors (Lipinski definition) is 8. The van der Waals surface area contributed by atoms with Crippen LogP contribution in [0.15, 0.2) is 35.8 Å². The third kappa shape index (κ3) is 6.55. The van der Waals surface area contributed by atoms with E-state index in [1.54, 1.807) is 13.3 Å². The first kappa shape index (κ1) is 35.8. The van der Waals surface area contributed by atoms with Crippen molar-refractivity contribution in [2.75, 3.05) is 75.8 Å². The number of aryl methyl sites for hydroxylation is 3. The van der Waals surface area contributed by atoms with Gasteiger partial charge in [-0.05, 0) is 98.7 Å². The van der Waals surface area contributed by atoms with Crippen LogP contribution in [-0.4, -0.2) is 110 Å². The fraction of sp³-hybridized carbons (Fsp3) is 0.561. The van der Waals surface area contributed by atoms with Gasteiger partial charge in [-0.25, -0.2) is 4.98 Å². The average molecular weight is 730 g/mol. The third-order valence-electron chi connectivity index (χ3n) is 12.7. The van der Waals surface area contributed by atoms with Crippen LogP contribution in [0.3, 0.4) is 0 Å². The summed E-state index contributed by atoms with van der Waals surface area (Å²) in [5.74, 6) is 1.36. The number of anilines is 2. The fourth-order valence-corrected chi connectivity index (χ4v) is 9.23. The number of rotatable bonds is 9. The molecule has 4 aliphatic heterocycles. The molecule has 282 valence electrons. The summed E-state index contributed by atoms with van der Waals surface area (Å²) < 4.78 is 48.2. The van der Waals surface area contributed by atoms with Crippen LogP contribution >= 0.6 is 0 Å². The Labute approximate surface area is 309 Å². The number of benzene rings is 2. The van der Waals surface area contributed by atoms with Crippen molar-refractivity contribution in [3.8, 4) is 16.9 Å². The van der Waals surface area contributed by atoms with Crippen molar-refractivity contribution in [2.24, 2.45) is 15.8 Å². The predicted molar refractivity (Wildman–Crippen MR) is 203 cm³/mol. The van der Waals surface area contributed by atoms with Gasteiger partial charge in [-0.15, -0.1) is 0 Å². The van der Waals surface area contributed by atoms with Crippen molar-refractivity contribution in [3.05, 3.63) is 53.1 Å². The number of carbonyl (C=O) groups is 1. The van der Waals surface area contributed by atoms with Gasteiger partial charge in [0.2, 0.25) is 11.9 Å². The Hall–Kier alpha value is -4.19. The molecule has 5 aliphatic rings. The van der Waals surface area contributed by atoms with Crippen LogP contribution in [-0.2, 0) is 11.2 Å². The molecule has 8 rings (SSSR count). The molecule has 12 heteroatoms. The SMILES string of the molecule is C=CC(=O)N1CC2(CCN(c3nc(N4CC(N5CCC6(CC6)C5)C4)nc4c(OCC(F)(F)F)c(-c5c(C)ccc(C)c5/C=N\C)c(CC)cc34)CC2)C1. The highest BCUT2D eigenvalue weighted by atomic mass is 19.4. The first-order valence-electron chi connectivity index (χ1n) is 19.1. The third-order valence-corrected chi connectivity index (χ3v) is 12.7. The summed E-state index contributed by atoms with van der Waals surface area (Å²) in [5.41, 5.74) is 6.03. The van der Waals surface area contributed by atoms with Crippen LogP contribution < -0.4 is 14.5 Å². The molecule has 0 bridgehead atoms. The number of halogens is 3. The molecule has 5 heterocycles. The number of fused-ring (bicyclic) bond motifs is 1. The zero-order valence-corrected chi connectivity index (χ0v) is 31.4. The highest BCUT2D eigenvalue weighted by Crippen LogP contribution is 2.53. The number of likely N-dealkylation sites (tertiary alicyclic amines) is 2. The minimum Gasteiger partial charge on any atom is -0.481 e. The number of alkyl halides is 3. The lowest BCUT2D eigenvalue weighted by atomic mass is 9.72. The predicted octanol–water partition coefficient (Wildman–Crippen LogP) is 6.76. The Morgan fingerprint density at radius 3 is 2.30 bits per heavy atom. The van der Waals surface area contributed by atoms with Crippen LogP contribution in [0.25, 0.3) is 22.0 Å². The zero-order valence-electron chi connectivity index (χ0n) is 31.4. The van der Waals surface area contributed by atoms with Gasteiger partial charge >= 0.3 is 6.18 Å². The molecular formula is C41H50F3N7O2. The lowest BCUT2D eigenvalue weighted by Gasteiger charge is -2.54. The highest BCUT2D eigenvalue weighted by Gasteiger charge is 2.51. The van der Waals surface area contributed by atoms with E-state index < -0.39 is 12.8 Å². The molecule has 0 unspecified atom stereocenters. The summed E-state index contributed by atoms with van der Waals surface area (Å²) in [6, 6.07) is 6.51. The molecule has 0 atom stereocenters. The van der Waals surface area contributed by atoms with E-state index >= 15 is 0 Å². The van der Waals surface area contributed by atoms with Crippen LogP contribution in [0.1, 0.15) is 61.3 Å². The molecule has 0 N–H and O–H groups in total. The molecule has 3 aromatic rings. The molecule has 1 aliphatic carbocycles. The molecule has 2 aromatic carbocycles. The summed E-state index contributed by atoms with van der Waals surface area (Å²) in [6.45, 7) is 14.9. The van der Waals surface area contributed by atoms with Gasteiger partial charge in [0.05, 0.1) is 0 Å². The molecular weight excluding hydrogens is 679 g/mol. The van der Waals surface area contributed by atoms with E-state index in [0.29, 0.717) is 53.4 Å². The number of amides is 1. The second-order valence-corrected chi connectivity index (χ2v) is 16.3. The van der Waals surface area contributed by atoms with E-state index in [9.17, 15) is 18.0 Å². The Balaban J connectivity index is 1.25. The smallest absolute Gasteiger partial charge is 0.422 e. The molecule has 5 fully saturated rings. The number of aliphatic imine (C=N–C) groups is 1. The van der Waals surface area contributed by atoms with Gasteiger partial charge in [0.15, 0.2) is 12.4 Å². The van der Waals surface area contributed by atoms with Crippen molar-refractivity contribution in [3.63, 3.8) is 0 Å². The summed E-state index contributed by atoms with van der Waals surface area (Å²) >= 11 is 0. The number of hydrogen-bond donors (Lipinski definition) is 0. The second-order valence-electron chi connectivity index (χ2n) is 16.3. The fourth-order valence-electron chi connectivity index (χ4n) is 9.23. The Bertz CT molecular complexity index is 1970. The molecule has 53 heavy (non-hydrogen) atoms. The van der Waals surface area contributed by atoms with Crippen LogP contribution in [0, 0.1) is 24.7 Å². The maximum absolute atomic E-state index is 14.1. The number of ether oxygens (including phenoxy) is 1. The number of aromatic nitrogens is 2. The first-order valence-corrected chi connectivity index (χ1v) is 19.1. The van der Waals surface area contributed by atoms with Gasteiger partial charge in [-0.1, -0.05) is 25.6 Å². The van der Waals surface area contributed by atoms with Gasteiger partial charge in [0.25, 0.3) is 0 Å². The highest BCUT2D eigenvalue weighted by molar-refractivity contribution is 6.04. The molecule has 0 radical (unpaired) electrons. The Kier molecular flexibility index (Phi) is 8.98. The normalized spacial score (nSPS) is 21.2. The van der Waals surface area contributed by atoms with E-state index in [0.717, 1.165) is 85.7 Å². The van der Waals surface area contributed by atoms with Crippen molar-refractivity contribution >= 4 is 34.8 Å². The van der Waals surface area contributed by atoms with Gasteiger partial charge in [-0.3, -0.25) is 14.7 Å².